The van der Waals surface area contributed by atoms with Gasteiger partial charge < -0.3 is 14.6 Å². The molecule has 2 heterocycles. The summed E-state index contributed by atoms with van der Waals surface area (Å²) in [5.41, 5.74) is 2.34. The quantitative estimate of drug-likeness (QED) is 0.802. The van der Waals surface area contributed by atoms with E-state index in [4.69, 9.17) is 32.5 Å². The molecule has 1 N–H and O–H groups in total. The van der Waals surface area contributed by atoms with Crippen LogP contribution in [-0.4, -0.2) is 24.4 Å². The zero-order chi connectivity index (χ0) is 17.1. The van der Waals surface area contributed by atoms with Crippen LogP contribution in [0.25, 0.3) is 11.3 Å². The summed E-state index contributed by atoms with van der Waals surface area (Å²) in [7, 11) is 0. The van der Waals surface area contributed by atoms with Gasteiger partial charge in [-0.1, -0.05) is 48.3 Å². The lowest BCUT2D eigenvalue weighted by molar-refractivity contribution is 0.0206. The Balaban J connectivity index is 1.92. The average Bonchev–Trinajstić information content (AvgIpc) is 2.97. The lowest BCUT2D eigenvalue weighted by Crippen LogP contribution is -2.32. The van der Waals surface area contributed by atoms with E-state index >= 15 is 0 Å². The van der Waals surface area contributed by atoms with Gasteiger partial charge >= 0.3 is 0 Å². The summed E-state index contributed by atoms with van der Waals surface area (Å²) < 4.78 is 11.7. The minimum atomic E-state index is 0.208. The maximum Gasteiger partial charge on any atom is 0.145 e. The van der Waals surface area contributed by atoms with Crippen LogP contribution in [0.2, 0.25) is 10.0 Å². The number of hydrogen-bond donors (Lipinski definition) is 1. The van der Waals surface area contributed by atoms with Crippen molar-refractivity contribution < 1.29 is 9.26 Å². The van der Waals surface area contributed by atoms with Gasteiger partial charge in [0.05, 0.1) is 22.8 Å². The normalized spacial score (nSPS) is 16.0. The fraction of sp³-hybridized carbons (Fsp3) is 0.500. The van der Waals surface area contributed by atoms with Crippen molar-refractivity contribution in [1.29, 1.82) is 0 Å². The molecule has 1 fully saturated rings. The molecule has 0 radical (unpaired) electrons. The first-order valence-corrected chi connectivity index (χ1v) is 9.08. The topological polar surface area (TPSA) is 47.3 Å². The molecule has 0 bridgehead atoms. The molecule has 0 spiro atoms. The van der Waals surface area contributed by atoms with Gasteiger partial charge in [0.2, 0.25) is 0 Å². The highest BCUT2D eigenvalue weighted by atomic mass is 35.5. The van der Waals surface area contributed by atoms with Crippen molar-refractivity contribution in [2.45, 2.75) is 45.3 Å². The Kier molecular flexibility index (Phi) is 5.82. The highest BCUT2D eigenvalue weighted by molar-refractivity contribution is 6.39. The number of halogens is 2. The molecule has 1 aliphatic rings. The number of hydrogen-bond acceptors (Lipinski definition) is 4. The van der Waals surface area contributed by atoms with E-state index in [9.17, 15) is 0 Å². The van der Waals surface area contributed by atoms with Gasteiger partial charge in [-0.2, -0.15) is 0 Å². The second-order valence-corrected chi connectivity index (χ2v) is 7.20. The van der Waals surface area contributed by atoms with E-state index in [0.29, 0.717) is 27.9 Å². The SMILES string of the molecule is CC(C)c1onc(-c2c(Cl)cccc2Cl)c1COC1CCNCC1. The zero-order valence-corrected chi connectivity index (χ0v) is 15.5. The number of aromatic nitrogens is 1. The fourth-order valence-electron chi connectivity index (χ4n) is 3.00. The van der Waals surface area contributed by atoms with E-state index in [1.165, 1.54) is 0 Å². The van der Waals surface area contributed by atoms with Crippen LogP contribution in [0.15, 0.2) is 22.7 Å². The standard InChI is InChI=1S/C18H22Cl2N2O2/c1-11(2)18-13(10-23-12-6-8-21-9-7-12)17(22-24-18)16-14(19)4-3-5-15(16)20/h3-5,11-12,21H,6-10H2,1-2H3. The molecular formula is C18H22Cl2N2O2. The third-order valence-electron chi connectivity index (χ3n) is 4.29. The zero-order valence-electron chi connectivity index (χ0n) is 13.9. The van der Waals surface area contributed by atoms with E-state index in [1.807, 2.05) is 18.2 Å². The summed E-state index contributed by atoms with van der Waals surface area (Å²) in [6.45, 7) is 6.60. The van der Waals surface area contributed by atoms with Crippen LogP contribution in [0.5, 0.6) is 0 Å². The Morgan fingerprint density at radius 2 is 1.92 bits per heavy atom. The summed E-state index contributed by atoms with van der Waals surface area (Å²) >= 11 is 12.7. The van der Waals surface area contributed by atoms with E-state index in [1.54, 1.807) is 0 Å². The van der Waals surface area contributed by atoms with Gasteiger partial charge in [-0.25, -0.2) is 0 Å². The largest absolute Gasteiger partial charge is 0.373 e. The van der Waals surface area contributed by atoms with Crippen LogP contribution in [0.4, 0.5) is 0 Å². The molecule has 6 heteroatoms. The molecule has 0 aliphatic carbocycles. The maximum absolute atomic E-state index is 6.36. The molecule has 0 amide bonds. The number of piperidine rings is 1. The van der Waals surface area contributed by atoms with E-state index in [2.05, 4.69) is 24.3 Å². The molecule has 0 saturated carbocycles. The first-order chi connectivity index (χ1) is 11.6. The third-order valence-corrected chi connectivity index (χ3v) is 4.92. The molecule has 2 aromatic rings. The van der Waals surface area contributed by atoms with Crippen molar-refractivity contribution in [2.75, 3.05) is 13.1 Å². The second kappa shape index (κ2) is 7.87. The van der Waals surface area contributed by atoms with Crippen molar-refractivity contribution in [2.24, 2.45) is 0 Å². The lowest BCUT2D eigenvalue weighted by atomic mass is 10.0. The van der Waals surface area contributed by atoms with Crippen LogP contribution >= 0.6 is 23.2 Å². The molecular weight excluding hydrogens is 347 g/mol. The third kappa shape index (κ3) is 3.77. The minimum absolute atomic E-state index is 0.208. The van der Waals surface area contributed by atoms with Crippen LogP contribution in [0.3, 0.4) is 0 Å². The maximum atomic E-state index is 6.36. The molecule has 24 heavy (non-hydrogen) atoms. The fourth-order valence-corrected chi connectivity index (χ4v) is 3.58. The molecule has 0 unspecified atom stereocenters. The second-order valence-electron chi connectivity index (χ2n) is 6.39. The summed E-state index contributed by atoms with van der Waals surface area (Å²) in [6, 6.07) is 5.44. The first kappa shape index (κ1) is 17.7. The Bertz CT molecular complexity index is 674. The molecule has 1 aliphatic heterocycles. The van der Waals surface area contributed by atoms with Crippen LogP contribution < -0.4 is 5.32 Å². The highest BCUT2D eigenvalue weighted by Gasteiger charge is 2.24. The number of benzene rings is 1. The predicted octanol–water partition coefficient (Wildman–Crippen LogP) is 5.04. The number of nitrogens with one attached hydrogen (secondary N) is 1. The Morgan fingerprint density at radius 1 is 1.25 bits per heavy atom. The molecule has 1 saturated heterocycles. The molecule has 130 valence electrons. The average molecular weight is 369 g/mol. The lowest BCUT2D eigenvalue weighted by Gasteiger charge is -2.23. The molecule has 1 aromatic heterocycles. The van der Waals surface area contributed by atoms with Crippen LogP contribution in [0, 0.1) is 0 Å². The number of nitrogens with zero attached hydrogens (tertiary/aromatic N) is 1. The highest BCUT2D eigenvalue weighted by Crippen LogP contribution is 2.38. The first-order valence-electron chi connectivity index (χ1n) is 8.33. The smallest absolute Gasteiger partial charge is 0.145 e. The van der Waals surface area contributed by atoms with Gasteiger partial charge in [-0.3, -0.25) is 0 Å². The monoisotopic (exact) mass is 368 g/mol. The van der Waals surface area contributed by atoms with E-state index < -0.39 is 0 Å². The molecule has 0 atom stereocenters. The Morgan fingerprint density at radius 3 is 2.54 bits per heavy atom. The van der Waals surface area contributed by atoms with Crippen LogP contribution in [0.1, 0.15) is 43.9 Å². The van der Waals surface area contributed by atoms with Crippen molar-refractivity contribution in [3.05, 3.63) is 39.6 Å². The summed E-state index contributed by atoms with van der Waals surface area (Å²) in [5, 5.41) is 8.73. The van der Waals surface area contributed by atoms with Crippen molar-refractivity contribution >= 4 is 23.2 Å². The summed E-state index contributed by atoms with van der Waals surface area (Å²) in [5.74, 6) is 1.04. The predicted molar refractivity (Wildman–Crippen MR) is 96.7 cm³/mol. The van der Waals surface area contributed by atoms with Gasteiger partial charge in [0.25, 0.3) is 0 Å². The van der Waals surface area contributed by atoms with E-state index in [-0.39, 0.29) is 12.0 Å². The number of ether oxygens (including phenoxy) is 1. The van der Waals surface area contributed by atoms with Gasteiger partial charge in [0.1, 0.15) is 11.5 Å². The summed E-state index contributed by atoms with van der Waals surface area (Å²) in [6.07, 6.45) is 2.30. The molecule has 3 rings (SSSR count). The van der Waals surface area contributed by atoms with E-state index in [0.717, 1.165) is 37.3 Å². The van der Waals surface area contributed by atoms with Gasteiger partial charge in [-0.15, -0.1) is 0 Å². The van der Waals surface area contributed by atoms with Crippen molar-refractivity contribution in [3.8, 4) is 11.3 Å². The summed E-state index contributed by atoms with van der Waals surface area (Å²) in [4.78, 5) is 0. The van der Waals surface area contributed by atoms with Gasteiger partial charge in [0.15, 0.2) is 0 Å². The van der Waals surface area contributed by atoms with Crippen LogP contribution in [-0.2, 0) is 11.3 Å². The Hall–Kier alpha value is -1.07. The number of rotatable bonds is 5. The minimum Gasteiger partial charge on any atom is -0.373 e. The molecule has 1 aromatic carbocycles. The van der Waals surface area contributed by atoms with Crippen molar-refractivity contribution in [1.82, 2.24) is 10.5 Å². The Labute approximate surface area is 152 Å². The van der Waals surface area contributed by atoms with Crippen molar-refractivity contribution in [3.63, 3.8) is 0 Å². The van der Waals surface area contributed by atoms with Gasteiger partial charge in [0, 0.05) is 17.0 Å². The van der Waals surface area contributed by atoms with Gasteiger partial charge in [-0.05, 0) is 38.1 Å². The molecule has 4 nitrogen and oxygen atoms in total.